The molecule has 0 saturated carbocycles. The Morgan fingerprint density at radius 1 is 0.490 bits per heavy atom. The molecule has 19 atom stereocenters. The van der Waals surface area contributed by atoms with Crippen molar-refractivity contribution in [2.75, 3.05) is 62.8 Å². The van der Waals surface area contributed by atoms with Gasteiger partial charge in [-0.25, -0.2) is 4.79 Å². The van der Waals surface area contributed by atoms with Crippen molar-refractivity contribution in [3.8, 4) is 0 Å². The van der Waals surface area contributed by atoms with Crippen molar-refractivity contribution in [1.82, 2.24) is 95.0 Å². The molecule has 0 aliphatic carbocycles. The molecule has 5 aromatic rings. The predicted molar refractivity (Wildman–Crippen MR) is 554 cm³/mol. The highest BCUT2D eigenvalue weighted by molar-refractivity contribution is 8.76. The number of thioether (sulfide) groups is 1. The number of aliphatic hydroxyl groups excluding tert-OH is 3. The Labute approximate surface area is 872 Å². The summed E-state index contributed by atoms with van der Waals surface area (Å²) in [6, 6.07) is 1.42. The van der Waals surface area contributed by atoms with Crippen molar-refractivity contribution < 1.29 is 117 Å². The third-order valence-electron chi connectivity index (χ3n) is 24.4. The number of nitrogens with two attached hydrogens (primary N) is 6. The average Bonchev–Trinajstić information content (AvgIpc) is 1.68. The number of aromatic amines is 1. The van der Waals surface area contributed by atoms with Crippen LogP contribution < -0.4 is 119 Å². The van der Waals surface area contributed by atoms with Crippen LogP contribution in [0.25, 0.3) is 10.9 Å². The van der Waals surface area contributed by atoms with Gasteiger partial charge in [-0.15, -0.1) is 0 Å². The number of hydrogen-bond acceptors (Lipinski definition) is 30. The van der Waals surface area contributed by atoms with Crippen molar-refractivity contribution in [1.29, 1.82) is 5.41 Å². The van der Waals surface area contributed by atoms with Crippen LogP contribution in [0.1, 0.15) is 139 Å². The van der Waals surface area contributed by atoms with Gasteiger partial charge in [-0.05, 0) is 164 Å². The molecule has 49 nitrogen and oxygen atoms in total. The highest BCUT2D eigenvalue weighted by Crippen LogP contribution is 2.27. The Kier molecular flexibility index (Phi) is 52.5. The summed E-state index contributed by atoms with van der Waals surface area (Å²) in [7, 11) is 1.40. The normalized spacial score (nSPS) is 22.6. The number of aromatic nitrogens is 1. The number of para-hydroxylation sites is 1. The van der Waals surface area contributed by atoms with Gasteiger partial charge in [0.2, 0.25) is 100 Å². The van der Waals surface area contributed by atoms with Gasteiger partial charge in [0, 0.05) is 67.4 Å². The number of benzene rings is 4. The first-order valence-electron chi connectivity index (χ1n) is 49.1. The van der Waals surface area contributed by atoms with Crippen LogP contribution in [0, 0.1) is 5.41 Å². The number of rotatable bonds is 44. The third-order valence-corrected chi connectivity index (χ3v) is 27.5. The van der Waals surface area contributed by atoms with Gasteiger partial charge in [-0.2, -0.15) is 11.8 Å². The molecule has 2 aliphatic rings. The minimum Gasteiger partial charge on any atom is -0.481 e. The topological polar surface area (TPSA) is 817 Å². The number of H-pyrrole nitrogens is 1. The molecule has 1 aromatic heterocycles. The summed E-state index contributed by atoms with van der Waals surface area (Å²) in [6.07, 6.45) is -3.41. The molecular formula is C97H141N25O24S3. The first kappa shape index (κ1) is 122. The van der Waals surface area contributed by atoms with E-state index in [1.54, 1.807) is 128 Å². The number of fused-ring (bicyclic) bond motifs is 1. The zero-order chi connectivity index (χ0) is 109. The lowest BCUT2D eigenvalue weighted by molar-refractivity contribution is -0.142. The Morgan fingerprint density at radius 3 is 1.44 bits per heavy atom. The number of unbranched alkanes of at least 4 members (excludes halogenated alkanes) is 3. The minimum absolute atomic E-state index is 0.0187. The number of carbonyl (C=O) groups excluding carboxylic acids is 17. The molecule has 0 spiro atoms. The molecule has 0 radical (unpaired) electrons. The molecule has 149 heavy (non-hydrogen) atoms. The Balaban J connectivity index is 1.37. The highest BCUT2D eigenvalue weighted by atomic mass is 33.1. The summed E-state index contributed by atoms with van der Waals surface area (Å²) in [6.45, 7) is 0.999. The van der Waals surface area contributed by atoms with Gasteiger partial charge in [0.05, 0.1) is 37.7 Å². The van der Waals surface area contributed by atoms with E-state index in [2.05, 4.69) is 90.1 Å². The Hall–Kier alpha value is -13.6. The van der Waals surface area contributed by atoms with Gasteiger partial charge in [-0.3, -0.25) is 91.7 Å². The lowest BCUT2D eigenvalue weighted by Crippen LogP contribution is -2.63. The smallest absolute Gasteiger partial charge is 0.326 e. The largest absolute Gasteiger partial charge is 0.481 e. The quantitative estimate of drug-likeness (QED) is 0.00747. The van der Waals surface area contributed by atoms with Gasteiger partial charge in [0.15, 0.2) is 5.96 Å². The Bertz CT molecular complexity index is 5330. The minimum atomic E-state index is -2.11. The van der Waals surface area contributed by atoms with Crippen molar-refractivity contribution in [2.45, 2.75) is 257 Å². The summed E-state index contributed by atoms with van der Waals surface area (Å²) in [4.78, 5) is 282. The number of hydrogen-bond donors (Lipinski definition) is 29. The lowest BCUT2D eigenvalue weighted by atomic mass is 10.00. The number of carboxylic acids is 2. The van der Waals surface area contributed by atoms with E-state index < -0.39 is 271 Å². The van der Waals surface area contributed by atoms with Crippen LogP contribution in [-0.2, 0) is 117 Å². The van der Waals surface area contributed by atoms with E-state index in [4.69, 9.17) is 39.8 Å². The van der Waals surface area contributed by atoms with E-state index >= 15 is 43.2 Å². The number of guanidine groups is 1. The number of carbonyl (C=O) groups is 19. The third kappa shape index (κ3) is 41.1. The van der Waals surface area contributed by atoms with E-state index in [1.165, 1.54) is 11.8 Å². The molecule has 4 aromatic carbocycles. The van der Waals surface area contributed by atoms with E-state index in [1.807, 2.05) is 0 Å². The molecular weight excluding hydrogens is 2000 g/mol. The maximum Gasteiger partial charge on any atom is 0.326 e. The van der Waals surface area contributed by atoms with Gasteiger partial charge < -0.3 is 155 Å². The average molecular weight is 2140 g/mol. The fourth-order valence-electron chi connectivity index (χ4n) is 16.3. The number of aliphatic carboxylic acids is 2. The van der Waals surface area contributed by atoms with Crippen molar-refractivity contribution in [3.63, 3.8) is 0 Å². The molecule has 0 bridgehead atoms. The maximum absolute atomic E-state index is 15.6. The molecule has 2 aliphatic heterocycles. The summed E-state index contributed by atoms with van der Waals surface area (Å²) in [5, 5.41) is 103. The van der Waals surface area contributed by atoms with Crippen LogP contribution in [0.15, 0.2) is 121 Å². The van der Waals surface area contributed by atoms with Gasteiger partial charge >= 0.3 is 11.9 Å². The number of amides is 17. The van der Waals surface area contributed by atoms with Crippen LogP contribution in [-0.4, -0.2) is 332 Å². The molecule has 2 fully saturated rings. The first-order valence-corrected chi connectivity index (χ1v) is 53.0. The van der Waals surface area contributed by atoms with Crippen molar-refractivity contribution >= 4 is 163 Å². The van der Waals surface area contributed by atoms with Gasteiger partial charge in [-0.1, -0.05) is 131 Å². The van der Waals surface area contributed by atoms with E-state index in [9.17, 15) is 73.5 Å². The predicted octanol–water partition coefficient (Wildman–Crippen LogP) is -5.98. The monoisotopic (exact) mass is 2140 g/mol. The number of primary amides is 1. The lowest BCUT2D eigenvalue weighted by Gasteiger charge is -2.31. The second kappa shape index (κ2) is 63.9. The standard InChI is InChI=1S/C97H141N25O24S3/c1-53(124)78-93(142)116-69(45-57-27-11-6-12-28-57)88(137)121-79(54(2)125)94(143)117-72(50-123)89(138)118-73(91(140)111-66(96(145)146)33-17-20-39-100)51-148-149-52-74(119-92(141)75-35-22-41-122(75)95(144)65(36-42-147-3)110-81(130)64(34-21-40-105-97(103)104)107-80(129)60(101)47-77(127)128)90(139)109-62(31-15-18-37-98)82(131)115-71(48-76(102)126)87(136)113-67(43-55-23-7-4-8-24-55)84(133)112-68(44-56-25-9-5-10-26-56)85(134)114-70(46-58-49-106-61-30-14-13-29-59(58)61)86(135)108-63(83(132)120-78)32-16-19-38-99/h4-14,23-30,49,53-54,60,62-75,78-79,106,123-125H,15-22,31-48,50-52,98-101H2,1-3H3,(H2,102,126)(H,107,129)(H,108,135)(H,109,139)(H,110,130)(H,111,140)(H,112,133)(H,113,136)(H,114,134)(H,115,131)(H,116,142)(H,117,143)(H,118,138)(H,119,141)(H,120,132)(H,121,137)(H,127,128)(H,145,146)(H4,103,104,105)/t53-,54-,60+,62+,63+,64+,65+,66+,67+,68+,69+,70+,71+,72+,73+,74+,75+,78+,79+/m1/s1. The summed E-state index contributed by atoms with van der Waals surface area (Å²) in [5.41, 5.74) is 37.2. The zero-order valence-electron chi connectivity index (χ0n) is 83.2. The molecule has 17 amide bonds. The fraction of sp³-hybridized carbons (Fsp3) is 0.526. The second-order valence-corrected chi connectivity index (χ2v) is 39.7. The van der Waals surface area contributed by atoms with E-state index in [0.717, 1.165) is 18.7 Å². The number of nitrogens with zero attached hydrogens (tertiary/aromatic N) is 1. The number of likely N-dealkylation sites (tertiary alicyclic amines) is 1. The van der Waals surface area contributed by atoms with Crippen LogP contribution >= 0.6 is 33.3 Å². The van der Waals surface area contributed by atoms with Crippen molar-refractivity contribution in [3.05, 3.63) is 144 Å². The van der Waals surface area contributed by atoms with Crippen molar-refractivity contribution in [2.24, 2.45) is 34.4 Å². The van der Waals surface area contributed by atoms with E-state index in [0.29, 0.717) is 61.2 Å². The van der Waals surface area contributed by atoms with Gasteiger partial charge in [0.25, 0.3) is 0 Å². The fourth-order valence-corrected chi connectivity index (χ4v) is 19.1. The van der Waals surface area contributed by atoms with Crippen LogP contribution in [0.3, 0.4) is 0 Å². The molecule has 3 heterocycles. The summed E-state index contributed by atoms with van der Waals surface area (Å²) in [5.74, 6) is -23.5. The first-order chi connectivity index (χ1) is 71.2. The van der Waals surface area contributed by atoms with Crippen LogP contribution in [0.2, 0.25) is 0 Å². The molecule has 816 valence electrons. The van der Waals surface area contributed by atoms with E-state index in [-0.39, 0.29) is 141 Å². The van der Waals surface area contributed by atoms with Gasteiger partial charge in [0.1, 0.15) is 96.7 Å². The molecule has 2 saturated heterocycles. The summed E-state index contributed by atoms with van der Waals surface area (Å²) < 4.78 is 0. The second-order valence-electron chi connectivity index (χ2n) is 36.2. The Morgan fingerprint density at radius 2 is 0.933 bits per heavy atom. The van der Waals surface area contributed by atoms with Crippen LogP contribution in [0.4, 0.5) is 0 Å². The molecule has 52 heteroatoms. The highest BCUT2D eigenvalue weighted by Gasteiger charge is 2.44. The number of carboxylic acid groups (broad SMARTS) is 2. The molecule has 7 rings (SSSR count). The molecule has 0 unspecified atom stereocenters. The van der Waals surface area contributed by atoms with Crippen LogP contribution in [0.5, 0.6) is 0 Å². The number of aliphatic hydroxyl groups is 3. The molecule has 35 N–H and O–H groups in total. The maximum atomic E-state index is 15.6. The zero-order valence-corrected chi connectivity index (χ0v) is 85.6. The summed E-state index contributed by atoms with van der Waals surface area (Å²) >= 11 is 1.27. The SMILES string of the molecule is CSCC[C@H](NC(=O)[C@H](CCCNC(=N)N)NC(=O)[C@@H](N)CC(=O)O)C(=O)N1CCC[C@H]1C(=O)N[C@H]1CSSC[C@@H](C(=O)N[C@@H](CCCCN)C(=O)O)NC(=O)[C@H](CO)NC(=O)[C@H]([C@@H](C)O)NC(=O)[C@H](Cc2ccccc2)NC(=O)[C@H]([C@@H](C)O)NC(=O)[C@H](CCCCN)NC(=O)[C@H](Cc2c[nH]c3ccccc23)NC(=O)[C@H](Cc2ccccc2)NC(=O)[C@H](Cc2ccccc2)NC(=O)[C@H](CC(N)=O)NC(=O)[C@H](CCCCN)NC1=O. The number of nitrogens with one attached hydrogen (secondary N) is 18.